The van der Waals surface area contributed by atoms with Gasteiger partial charge < -0.3 is 19.0 Å². The number of esters is 1. The zero-order chi connectivity index (χ0) is 20.2. The van der Waals surface area contributed by atoms with E-state index < -0.39 is 11.9 Å². The monoisotopic (exact) mass is 383 g/mol. The van der Waals surface area contributed by atoms with Crippen LogP contribution in [0.5, 0.6) is 0 Å². The molecular weight excluding hydrogens is 362 g/mol. The Kier molecular flexibility index (Phi) is 8.42. The zero-order valence-electron chi connectivity index (χ0n) is 15.7. The summed E-state index contributed by atoms with van der Waals surface area (Å²) in [6, 6.07) is 16.4. The standard InChI is InChI=1S/C21H21NO6/c1-25-14-19(21(24)26-2)18-11-7-6-10-17(18)12-22-28-20(23)15-27-13-16-8-4-3-5-9-16/h3-12,14H,13,15H2,1-2H3/b19-14+,22-12+. The maximum absolute atomic E-state index is 12.0. The van der Waals surface area contributed by atoms with Crippen molar-refractivity contribution in [3.63, 3.8) is 0 Å². The normalized spacial score (nSPS) is 11.3. The first-order chi connectivity index (χ1) is 13.7. The molecule has 2 aromatic carbocycles. The van der Waals surface area contributed by atoms with Gasteiger partial charge in [0.2, 0.25) is 0 Å². The van der Waals surface area contributed by atoms with E-state index in [1.807, 2.05) is 30.3 Å². The number of methoxy groups -OCH3 is 2. The van der Waals surface area contributed by atoms with Gasteiger partial charge in [0.25, 0.3) is 0 Å². The van der Waals surface area contributed by atoms with E-state index in [1.54, 1.807) is 24.3 Å². The minimum Gasteiger partial charge on any atom is -0.503 e. The zero-order valence-corrected chi connectivity index (χ0v) is 15.7. The van der Waals surface area contributed by atoms with Gasteiger partial charge in [-0.15, -0.1) is 0 Å². The lowest BCUT2D eigenvalue weighted by Crippen LogP contribution is -2.10. The minimum atomic E-state index is -0.634. The van der Waals surface area contributed by atoms with Gasteiger partial charge in [0.15, 0.2) is 0 Å². The molecule has 28 heavy (non-hydrogen) atoms. The number of nitrogens with zero attached hydrogens (tertiary/aromatic N) is 1. The predicted octanol–water partition coefficient (Wildman–Crippen LogP) is 2.94. The summed E-state index contributed by atoms with van der Waals surface area (Å²) in [6.07, 6.45) is 2.61. The summed E-state index contributed by atoms with van der Waals surface area (Å²) in [5.41, 5.74) is 2.24. The van der Waals surface area contributed by atoms with E-state index in [1.165, 1.54) is 26.7 Å². The summed E-state index contributed by atoms with van der Waals surface area (Å²) in [6.45, 7) is 0.0671. The van der Waals surface area contributed by atoms with E-state index in [0.29, 0.717) is 17.7 Å². The molecule has 0 unspecified atom stereocenters. The molecule has 2 aromatic rings. The number of ether oxygens (including phenoxy) is 3. The van der Waals surface area contributed by atoms with Crippen molar-refractivity contribution in [3.8, 4) is 0 Å². The molecule has 0 aliphatic heterocycles. The van der Waals surface area contributed by atoms with Crippen LogP contribution in [-0.2, 0) is 35.2 Å². The summed E-state index contributed by atoms with van der Waals surface area (Å²) < 4.78 is 15.0. The molecule has 0 amide bonds. The maximum Gasteiger partial charge on any atom is 0.360 e. The van der Waals surface area contributed by atoms with Crippen LogP contribution < -0.4 is 0 Å². The number of hydrogen-bond donors (Lipinski definition) is 0. The lowest BCUT2D eigenvalue weighted by Gasteiger charge is -2.08. The Hall–Kier alpha value is -3.45. The fourth-order valence-corrected chi connectivity index (χ4v) is 2.30. The molecule has 2 rings (SSSR count). The van der Waals surface area contributed by atoms with Crippen molar-refractivity contribution in [3.05, 3.63) is 77.5 Å². The summed E-state index contributed by atoms with van der Waals surface area (Å²) in [5.74, 6) is -1.20. The average molecular weight is 383 g/mol. The second-order valence-corrected chi connectivity index (χ2v) is 5.52. The van der Waals surface area contributed by atoms with Crippen molar-refractivity contribution in [1.29, 1.82) is 0 Å². The Morgan fingerprint density at radius 2 is 1.71 bits per heavy atom. The first-order valence-corrected chi connectivity index (χ1v) is 8.41. The van der Waals surface area contributed by atoms with Crippen molar-refractivity contribution >= 4 is 23.7 Å². The van der Waals surface area contributed by atoms with Crippen LogP contribution in [-0.4, -0.2) is 39.0 Å². The van der Waals surface area contributed by atoms with Gasteiger partial charge in [0.05, 0.1) is 33.3 Å². The first kappa shape index (κ1) is 20.9. The molecule has 7 nitrogen and oxygen atoms in total. The summed E-state index contributed by atoms with van der Waals surface area (Å²) in [7, 11) is 2.70. The smallest absolute Gasteiger partial charge is 0.360 e. The van der Waals surface area contributed by atoms with Gasteiger partial charge >= 0.3 is 11.9 Å². The van der Waals surface area contributed by atoms with E-state index in [9.17, 15) is 9.59 Å². The second kappa shape index (κ2) is 11.3. The van der Waals surface area contributed by atoms with Crippen LogP contribution >= 0.6 is 0 Å². The second-order valence-electron chi connectivity index (χ2n) is 5.52. The maximum atomic E-state index is 12.0. The van der Waals surface area contributed by atoms with Gasteiger partial charge in [-0.05, 0) is 5.56 Å². The summed E-state index contributed by atoms with van der Waals surface area (Å²) in [5, 5.41) is 3.68. The quantitative estimate of drug-likeness (QED) is 0.165. The van der Waals surface area contributed by atoms with Crippen LogP contribution in [0, 0.1) is 0 Å². The molecule has 146 valence electrons. The van der Waals surface area contributed by atoms with Crippen LogP contribution in [0.3, 0.4) is 0 Å². The van der Waals surface area contributed by atoms with Crippen LogP contribution in [0.4, 0.5) is 0 Å². The third kappa shape index (κ3) is 6.37. The molecule has 0 N–H and O–H groups in total. The number of oxime groups is 1. The highest BCUT2D eigenvalue weighted by Gasteiger charge is 2.16. The van der Waals surface area contributed by atoms with Crippen LogP contribution in [0.25, 0.3) is 5.57 Å². The van der Waals surface area contributed by atoms with Gasteiger partial charge in [-0.1, -0.05) is 59.8 Å². The Morgan fingerprint density at radius 1 is 1.00 bits per heavy atom. The molecule has 0 aliphatic carbocycles. The molecule has 0 bridgehead atoms. The van der Waals surface area contributed by atoms with Crippen molar-refractivity contribution < 1.29 is 28.6 Å². The van der Waals surface area contributed by atoms with Crippen molar-refractivity contribution in [2.75, 3.05) is 20.8 Å². The topological polar surface area (TPSA) is 83.4 Å². The molecule has 7 heteroatoms. The molecule has 0 saturated carbocycles. The average Bonchev–Trinajstić information content (AvgIpc) is 2.73. The van der Waals surface area contributed by atoms with Crippen LogP contribution in [0.1, 0.15) is 16.7 Å². The van der Waals surface area contributed by atoms with E-state index in [-0.39, 0.29) is 12.2 Å². The number of rotatable bonds is 9. The fraction of sp³-hybridized carbons (Fsp3) is 0.190. The lowest BCUT2D eigenvalue weighted by atomic mass is 10.0. The van der Waals surface area contributed by atoms with Crippen molar-refractivity contribution in [2.24, 2.45) is 5.16 Å². The van der Waals surface area contributed by atoms with Crippen molar-refractivity contribution in [1.82, 2.24) is 0 Å². The number of hydrogen-bond acceptors (Lipinski definition) is 7. The molecular formula is C21H21NO6. The molecule has 0 aliphatic rings. The number of carbonyl (C=O) groups excluding carboxylic acids is 2. The molecule has 0 radical (unpaired) electrons. The van der Waals surface area contributed by atoms with E-state index in [4.69, 9.17) is 19.0 Å². The van der Waals surface area contributed by atoms with Gasteiger partial charge in [-0.25, -0.2) is 9.59 Å². The third-order valence-electron chi connectivity index (χ3n) is 3.57. The highest BCUT2D eigenvalue weighted by atomic mass is 16.7. The Bertz CT molecular complexity index is 845. The molecule has 0 heterocycles. The summed E-state index contributed by atoms with van der Waals surface area (Å²) in [4.78, 5) is 28.5. The fourth-order valence-electron chi connectivity index (χ4n) is 2.30. The molecule has 0 fully saturated rings. The summed E-state index contributed by atoms with van der Waals surface area (Å²) >= 11 is 0. The molecule has 0 saturated heterocycles. The highest BCUT2D eigenvalue weighted by Crippen LogP contribution is 2.19. The predicted molar refractivity (Wildman–Crippen MR) is 103 cm³/mol. The molecule has 0 atom stereocenters. The van der Waals surface area contributed by atoms with Crippen molar-refractivity contribution in [2.45, 2.75) is 6.61 Å². The van der Waals surface area contributed by atoms with Gasteiger partial charge in [0.1, 0.15) is 12.2 Å². The first-order valence-electron chi connectivity index (χ1n) is 8.41. The Labute approximate surface area is 163 Å². The number of carbonyl (C=O) groups is 2. The van der Waals surface area contributed by atoms with E-state index >= 15 is 0 Å². The SMILES string of the molecule is CO/C=C(/C(=O)OC)c1ccccc1/C=N/OC(=O)COCc1ccccc1. The van der Waals surface area contributed by atoms with E-state index in [0.717, 1.165) is 5.56 Å². The van der Waals surface area contributed by atoms with E-state index in [2.05, 4.69) is 5.16 Å². The largest absolute Gasteiger partial charge is 0.503 e. The van der Waals surface area contributed by atoms with Gasteiger partial charge in [-0.2, -0.15) is 0 Å². The number of benzene rings is 2. The van der Waals surface area contributed by atoms with Gasteiger partial charge in [0, 0.05) is 11.1 Å². The van der Waals surface area contributed by atoms with Crippen LogP contribution in [0.15, 0.2) is 66.0 Å². The minimum absolute atomic E-state index is 0.213. The molecule has 0 spiro atoms. The lowest BCUT2D eigenvalue weighted by molar-refractivity contribution is -0.149. The Balaban J connectivity index is 1.95. The third-order valence-corrected chi connectivity index (χ3v) is 3.57. The Morgan fingerprint density at radius 3 is 2.43 bits per heavy atom. The van der Waals surface area contributed by atoms with Gasteiger partial charge in [-0.3, -0.25) is 0 Å². The molecule has 0 aromatic heterocycles. The van der Waals surface area contributed by atoms with Crippen LogP contribution in [0.2, 0.25) is 0 Å². The highest BCUT2D eigenvalue weighted by molar-refractivity contribution is 6.18.